The van der Waals surface area contributed by atoms with Gasteiger partial charge in [0, 0.05) is 32.3 Å². The Morgan fingerprint density at radius 3 is 2.62 bits per heavy atom. The highest BCUT2D eigenvalue weighted by Gasteiger charge is 2.19. The van der Waals surface area contributed by atoms with Crippen LogP contribution in [0.1, 0.15) is 12.0 Å². The molecule has 8 heteroatoms. The van der Waals surface area contributed by atoms with E-state index in [-0.39, 0.29) is 49.6 Å². The van der Waals surface area contributed by atoms with Crippen molar-refractivity contribution in [2.24, 2.45) is 5.73 Å². The average molecular weight is 318 g/mol. The maximum absolute atomic E-state index is 12.0. The second kappa shape index (κ2) is 9.28. The molecule has 0 radical (unpaired) electrons. The summed E-state index contributed by atoms with van der Waals surface area (Å²) in [6, 6.07) is 6.36. The summed E-state index contributed by atoms with van der Waals surface area (Å²) in [5.41, 5.74) is 5.97. The van der Waals surface area contributed by atoms with Crippen molar-refractivity contribution in [3.63, 3.8) is 0 Å². The summed E-state index contributed by atoms with van der Waals surface area (Å²) >= 11 is 0. The minimum atomic E-state index is -0.453. The molecule has 0 aliphatic carbocycles. The first-order chi connectivity index (χ1) is 9.49. The van der Waals surface area contributed by atoms with Gasteiger partial charge in [0.2, 0.25) is 5.91 Å². The maximum atomic E-state index is 12.0. The topological polar surface area (TPSA) is 98.7 Å². The van der Waals surface area contributed by atoms with Crippen LogP contribution in [-0.2, 0) is 16.1 Å². The molecule has 1 unspecified atom stereocenters. The van der Waals surface area contributed by atoms with E-state index in [2.05, 4.69) is 0 Å². The minimum absolute atomic E-state index is 0. The molecule has 0 aromatic heterocycles. The Kier molecular flexibility index (Phi) is 8.52. The molecule has 1 aromatic rings. The summed E-state index contributed by atoms with van der Waals surface area (Å²) in [4.78, 5) is 23.9. The van der Waals surface area contributed by atoms with Crippen molar-refractivity contribution >= 4 is 24.0 Å². The number of carbonyl (C=O) groups excluding carboxylic acids is 1. The first-order valence-corrected chi connectivity index (χ1v) is 6.18. The zero-order chi connectivity index (χ0) is 15.1. The number of carbonyl (C=O) groups is 1. The van der Waals surface area contributed by atoms with Gasteiger partial charge in [-0.3, -0.25) is 14.9 Å². The number of nitro benzene ring substituents is 1. The molecular weight excluding hydrogens is 298 g/mol. The molecule has 0 saturated heterocycles. The van der Waals surface area contributed by atoms with Crippen LogP contribution < -0.4 is 5.73 Å². The fourth-order valence-corrected chi connectivity index (χ4v) is 1.78. The lowest BCUT2D eigenvalue weighted by Gasteiger charge is -2.20. The third-order valence-electron chi connectivity index (χ3n) is 3.02. The Morgan fingerprint density at radius 2 is 2.10 bits per heavy atom. The molecule has 0 aliphatic heterocycles. The molecule has 0 bridgehead atoms. The highest BCUT2D eigenvalue weighted by atomic mass is 35.5. The van der Waals surface area contributed by atoms with Gasteiger partial charge in [0.15, 0.2) is 0 Å². The number of amides is 1. The largest absolute Gasteiger partial charge is 0.380 e. The summed E-state index contributed by atoms with van der Waals surface area (Å²) < 4.78 is 5.05. The van der Waals surface area contributed by atoms with Crippen molar-refractivity contribution in [3.8, 4) is 0 Å². The van der Waals surface area contributed by atoms with Gasteiger partial charge in [-0.1, -0.05) is 18.2 Å². The van der Waals surface area contributed by atoms with Gasteiger partial charge in [-0.25, -0.2) is 0 Å². The second-order valence-electron chi connectivity index (χ2n) is 4.43. The van der Waals surface area contributed by atoms with Crippen LogP contribution in [0, 0.1) is 10.1 Å². The number of nitro groups is 1. The monoisotopic (exact) mass is 317 g/mol. The number of methoxy groups -OCH3 is 1. The molecule has 0 spiro atoms. The molecule has 1 aromatic carbocycles. The van der Waals surface area contributed by atoms with Crippen molar-refractivity contribution in [3.05, 3.63) is 39.9 Å². The molecule has 21 heavy (non-hydrogen) atoms. The van der Waals surface area contributed by atoms with Crippen LogP contribution in [0.15, 0.2) is 24.3 Å². The van der Waals surface area contributed by atoms with E-state index >= 15 is 0 Å². The number of benzene rings is 1. The van der Waals surface area contributed by atoms with E-state index in [4.69, 9.17) is 10.5 Å². The number of halogens is 1. The van der Waals surface area contributed by atoms with E-state index in [1.165, 1.54) is 18.1 Å². The van der Waals surface area contributed by atoms with Crippen LogP contribution in [0.4, 0.5) is 5.69 Å². The first kappa shape index (κ1) is 19.3. The van der Waals surface area contributed by atoms with Crippen molar-refractivity contribution in [1.82, 2.24) is 4.90 Å². The molecule has 0 heterocycles. The molecule has 0 saturated carbocycles. The number of nitrogens with zero attached hydrogens (tertiary/aromatic N) is 2. The average Bonchev–Trinajstić information content (AvgIpc) is 2.44. The summed E-state index contributed by atoms with van der Waals surface area (Å²) in [6.07, 6.45) is -0.180. The quantitative estimate of drug-likeness (QED) is 0.604. The van der Waals surface area contributed by atoms with Gasteiger partial charge < -0.3 is 15.4 Å². The molecular formula is C13H20ClN3O4. The second-order valence-corrected chi connectivity index (χ2v) is 4.43. The van der Waals surface area contributed by atoms with Crippen LogP contribution in [-0.4, -0.2) is 42.5 Å². The fourth-order valence-electron chi connectivity index (χ4n) is 1.78. The third-order valence-corrected chi connectivity index (χ3v) is 3.02. The van der Waals surface area contributed by atoms with Crippen LogP contribution in [0.5, 0.6) is 0 Å². The lowest BCUT2D eigenvalue weighted by Crippen LogP contribution is -2.33. The van der Waals surface area contributed by atoms with Gasteiger partial charge in [0.1, 0.15) is 0 Å². The van der Waals surface area contributed by atoms with Crippen LogP contribution in [0.25, 0.3) is 0 Å². The van der Waals surface area contributed by atoms with E-state index in [1.807, 2.05) is 0 Å². The maximum Gasteiger partial charge on any atom is 0.274 e. The zero-order valence-electron chi connectivity index (χ0n) is 12.0. The van der Waals surface area contributed by atoms with E-state index in [9.17, 15) is 14.9 Å². The minimum Gasteiger partial charge on any atom is -0.380 e. The summed E-state index contributed by atoms with van der Waals surface area (Å²) in [5.74, 6) is -0.166. The van der Waals surface area contributed by atoms with Crippen LogP contribution >= 0.6 is 12.4 Å². The third kappa shape index (κ3) is 5.66. The standard InChI is InChI=1S/C13H19N3O4.ClH/c1-15(13(17)7-11(8-14)20-2)9-10-5-3-4-6-12(10)16(18)19;/h3-6,11H,7-9,14H2,1-2H3;1H. The van der Waals surface area contributed by atoms with Crippen molar-refractivity contribution in [1.29, 1.82) is 0 Å². The Hall–Kier alpha value is -1.70. The van der Waals surface area contributed by atoms with Crippen molar-refractivity contribution in [2.45, 2.75) is 19.1 Å². The van der Waals surface area contributed by atoms with Gasteiger partial charge in [-0.05, 0) is 0 Å². The number of hydrogen-bond acceptors (Lipinski definition) is 5. The number of para-hydroxylation sites is 1. The van der Waals surface area contributed by atoms with E-state index < -0.39 is 4.92 Å². The smallest absolute Gasteiger partial charge is 0.274 e. The molecule has 2 N–H and O–H groups in total. The molecule has 1 atom stereocenters. The zero-order valence-corrected chi connectivity index (χ0v) is 12.8. The van der Waals surface area contributed by atoms with Gasteiger partial charge in [-0.2, -0.15) is 0 Å². The predicted molar refractivity (Wildman–Crippen MR) is 81.3 cm³/mol. The first-order valence-electron chi connectivity index (χ1n) is 6.18. The Balaban J connectivity index is 0.00000400. The van der Waals surface area contributed by atoms with Crippen LogP contribution in [0.2, 0.25) is 0 Å². The Morgan fingerprint density at radius 1 is 1.48 bits per heavy atom. The van der Waals surface area contributed by atoms with Crippen molar-refractivity contribution in [2.75, 3.05) is 20.7 Å². The Bertz CT molecular complexity index is 480. The number of ether oxygens (including phenoxy) is 1. The molecule has 1 rings (SSSR count). The normalized spacial score (nSPS) is 11.4. The van der Waals surface area contributed by atoms with Gasteiger partial charge in [-0.15, -0.1) is 12.4 Å². The fraction of sp³-hybridized carbons (Fsp3) is 0.462. The molecule has 0 fully saturated rings. The molecule has 118 valence electrons. The molecule has 0 aliphatic rings. The van der Waals surface area contributed by atoms with Gasteiger partial charge in [0.25, 0.3) is 5.69 Å². The summed E-state index contributed by atoms with van der Waals surface area (Å²) in [7, 11) is 3.09. The van der Waals surface area contributed by atoms with Gasteiger partial charge in [0.05, 0.1) is 24.0 Å². The van der Waals surface area contributed by atoms with Gasteiger partial charge >= 0.3 is 0 Å². The lowest BCUT2D eigenvalue weighted by atomic mass is 10.1. The Labute approximate surface area is 129 Å². The predicted octanol–water partition coefficient (Wildman–Crippen LogP) is 1.34. The summed E-state index contributed by atoms with van der Waals surface area (Å²) in [6.45, 7) is 0.429. The molecule has 7 nitrogen and oxygen atoms in total. The highest BCUT2D eigenvalue weighted by Crippen LogP contribution is 2.19. The van der Waals surface area contributed by atoms with E-state index in [0.717, 1.165) is 0 Å². The van der Waals surface area contributed by atoms with E-state index in [1.54, 1.807) is 25.2 Å². The lowest BCUT2D eigenvalue weighted by molar-refractivity contribution is -0.385. The highest BCUT2D eigenvalue weighted by molar-refractivity contribution is 5.85. The number of nitrogens with two attached hydrogens (primary N) is 1. The SMILES string of the molecule is COC(CN)CC(=O)N(C)Cc1ccccc1[N+](=O)[O-].Cl. The number of hydrogen-bond donors (Lipinski definition) is 1. The van der Waals surface area contributed by atoms with Crippen molar-refractivity contribution < 1.29 is 14.5 Å². The number of rotatable bonds is 7. The summed E-state index contributed by atoms with van der Waals surface area (Å²) in [5, 5.41) is 10.9. The van der Waals surface area contributed by atoms with Crippen LogP contribution in [0.3, 0.4) is 0 Å². The molecule has 1 amide bonds. The van der Waals surface area contributed by atoms with E-state index in [0.29, 0.717) is 5.56 Å².